The second-order valence-corrected chi connectivity index (χ2v) is 3.89. The molecule has 0 bridgehead atoms. The summed E-state index contributed by atoms with van der Waals surface area (Å²) in [5.74, 6) is 0.864. The first-order chi connectivity index (χ1) is 7.76. The molecular formula is C11H14N4S. The van der Waals surface area contributed by atoms with E-state index >= 15 is 0 Å². The molecule has 2 rings (SSSR count). The van der Waals surface area contributed by atoms with Crippen LogP contribution in [0.15, 0.2) is 24.3 Å². The molecule has 0 unspecified atom stereocenters. The third-order valence-corrected chi connectivity index (χ3v) is 2.81. The molecule has 3 N–H and O–H groups in total. The maximum absolute atomic E-state index is 5.62. The molecular weight excluding hydrogens is 220 g/mol. The fraction of sp³-hybridized carbons (Fsp3) is 0.273. The molecule has 0 saturated carbocycles. The number of aromatic nitrogens is 3. The van der Waals surface area contributed by atoms with Crippen LogP contribution in [0.2, 0.25) is 0 Å². The van der Waals surface area contributed by atoms with Gasteiger partial charge in [0, 0.05) is 18.7 Å². The van der Waals surface area contributed by atoms with Crippen LogP contribution in [0.25, 0.3) is 11.4 Å². The molecule has 1 aromatic carbocycles. The molecule has 0 spiro atoms. The fourth-order valence-corrected chi connectivity index (χ4v) is 1.93. The highest BCUT2D eigenvalue weighted by molar-refractivity contribution is 7.71. The van der Waals surface area contributed by atoms with Crippen LogP contribution in [0.1, 0.15) is 12.5 Å². The van der Waals surface area contributed by atoms with Crippen LogP contribution in [0.4, 0.5) is 0 Å². The van der Waals surface area contributed by atoms with Crippen molar-refractivity contribution in [3.05, 3.63) is 34.6 Å². The lowest BCUT2D eigenvalue weighted by atomic mass is 10.1. The second kappa shape index (κ2) is 4.59. The minimum absolute atomic E-state index is 0.533. The van der Waals surface area contributed by atoms with Gasteiger partial charge in [-0.3, -0.25) is 5.10 Å². The van der Waals surface area contributed by atoms with Gasteiger partial charge in [0.2, 0.25) is 0 Å². The van der Waals surface area contributed by atoms with E-state index in [9.17, 15) is 0 Å². The Bertz CT molecular complexity index is 541. The van der Waals surface area contributed by atoms with Crippen molar-refractivity contribution in [2.24, 2.45) is 5.73 Å². The molecule has 0 aliphatic rings. The number of nitrogens with two attached hydrogens (primary N) is 1. The van der Waals surface area contributed by atoms with Gasteiger partial charge in [0.25, 0.3) is 0 Å². The van der Waals surface area contributed by atoms with Gasteiger partial charge in [0.15, 0.2) is 10.6 Å². The Labute approximate surface area is 99.1 Å². The molecule has 0 aliphatic heterocycles. The van der Waals surface area contributed by atoms with Crippen molar-refractivity contribution in [3.8, 4) is 11.4 Å². The SMILES string of the molecule is CCn1c(-c2cccc(CN)c2)n[nH]c1=S. The van der Waals surface area contributed by atoms with Crippen molar-refractivity contribution in [1.29, 1.82) is 0 Å². The fourth-order valence-electron chi connectivity index (χ4n) is 1.67. The molecule has 1 heterocycles. The van der Waals surface area contributed by atoms with E-state index in [1.165, 1.54) is 0 Å². The number of benzene rings is 1. The first-order valence-corrected chi connectivity index (χ1v) is 5.61. The summed E-state index contributed by atoms with van der Waals surface area (Å²) < 4.78 is 2.61. The minimum atomic E-state index is 0.533. The molecule has 16 heavy (non-hydrogen) atoms. The van der Waals surface area contributed by atoms with Crippen molar-refractivity contribution in [2.45, 2.75) is 20.0 Å². The van der Waals surface area contributed by atoms with Gasteiger partial charge >= 0.3 is 0 Å². The average molecular weight is 234 g/mol. The van der Waals surface area contributed by atoms with Crippen LogP contribution in [0.3, 0.4) is 0 Å². The van der Waals surface area contributed by atoms with Crippen molar-refractivity contribution < 1.29 is 0 Å². The normalized spacial score (nSPS) is 10.6. The number of nitrogens with zero attached hydrogens (tertiary/aromatic N) is 2. The summed E-state index contributed by atoms with van der Waals surface area (Å²) >= 11 is 5.15. The third-order valence-electron chi connectivity index (χ3n) is 2.50. The topological polar surface area (TPSA) is 59.6 Å². The van der Waals surface area contributed by atoms with Crippen molar-refractivity contribution in [2.75, 3.05) is 0 Å². The van der Waals surface area contributed by atoms with Crippen molar-refractivity contribution in [3.63, 3.8) is 0 Å². The van der Waals surface area contributed by atoms with E-state index in [-0.39, 0.29) is 0 Å². The predicted octanol–water partition coefficient (Wildman–Crippen LogP) is 2.09. The molecule has 2 aromatic rings. The summed E-state index contributed by atoms with van der Waals surface area (Å²) in [4.78, 5) is 0. The summed E-state index contributed by atoms with van der Waals surface area (Å²) in [6, 6.07) is 8.03. The highest BCUT2D eigenvalue weighted by atomic mass is 32.1. The van der Waals surface area contributed by atoms with Gasteiger partial charge in [0.1, 0.15) is 0 Å². The Morgan fingerprint density at radius 1 is 1.50 bits per heavy atom. The van der Waals surface area contributed by atoms with Crippen molar-refractivity contribution in [1.82, 2.24) is 14.8 Å². The van der Waals surface area contributed by atoms with E-state index in [4.69, 9.17) is 18.0 Å². The summed E-state index contributed by atoms with van der Waals surface area (Å²) in [6.07, 6.45) is 0. The van der Waals surface area contributed by atoms with Gasteiger partial charge in [-0.05, 0) is 30.8 Å². The van der Waals surface area contributed by atoms with Crippen LogP contribution in [0.5, 0.6) is 0 Å². The van der Waals surface area contributed by atoms with E-state index in [1.807, 2.05) is 35.8 Å². The van der Waals surface area contributed by atoms with E-state index in [0.29, 0.717) is 11.3 Å². The quantitative estimate of drug-likeness (QED) is 0.799. The zero-order valence-electron chi connectivity index (χ0n) is 9.10. The van der Waals surface area contributed by atoms with Crippen LogP contribution >= 0.6 is 12.2 Å². The van der Waals surface area contributed by atoms with Gasteiger partial charge in [-0.2, -0.15) is 5.10 Å². The molecule has 1 aromatic heterocycles. The lowest BCUT2D eigenvalue weighted by molar-refractivity contribution is 0.755. The molecule has 84 valence electrons. The molecule has 0 atom stereocenters. The Kier molecular flexibility index (Phi) is 3.17. The van der Waals surface area contributed by atoms with Gasteiger partial charge in [-0.25, -0.2) is 0 Å². The molecule has 0 fully saturated rings. The first-order valence-electron chi connectivity index (χ1n) is 5.21. The number of hydrogen-bond donors (Lipinski definition) is 2. The first kappa shape index (κ1) is 11.0. The molecule has 4 nitrogen and oxygen atoms in total. The van der Waals surface area contributed by atoms with Gasteiger partial charge < -0.3 is 10.3 Å². The van der Waals surface area contributed by atoms with Crippen LogP contribution < -0.4 is 5.73 Å². The minimum Gasteiger partial charge on any atom is -0.326 e. The molecule has 0 radical (unpaired) electrons. The van der Waals surface area contributed by atoms with Gasteiger partial charge in [-0.1, -0.05) is 18.2 Å². The standard InChI is InChI=1S/C11H14N4S/c1-2-15-10(13-14-11(15)16)9-5-3-4-8(6-9)7-12/h3-6H,2,7,12H2,1H3,(H,14,16). The summed E-state index contributed by atoms with van der Waals surface area (Å²) in [7, 11) is 0. The van der Waals surface area contributed by atoms with E-state index in [1.54, 1.807) is 0 Å². The van der Waals surface area contributed by atoms with Crippen LogP contribution in [-0.4, -0.2) is 14.8 Å². The number of nitrogens with one attached hydrogen (secondary N) is 1. The summed E-state index contributed by atoms with van der Waals surface area (Å²) in [5, 5.41) is 7.05. The number of hydrogen-bond acceptors (Lipinski definition) is 3. The molecule has 5 heteroatoms. The Hall–Kier alpha value is -1.46. The number of H-pyrrole nitrogens is 1. The van der Waals surface area contributed by atoms with Crippen LogP contribution in [-0.2, 0) is 13.1 Å². The van der Waals surface area contributed by atoms with E-state index in [0.717, 1.165) is 23.5 Å². The van der Waals surface area contributed by atoms with Gasteiger partial charge in [-0.15, -0.1) is 0 Å². The van der Waals surface area contributed by atoms with E-state index in [2.05, 4.69) is 10.2 Å². The zero-order valence-corrected chi connectivity index (χ0v) is 9.92. The summed E-state index contributed by atoms with van der Waals surface area (Å²) in [6.45, 7) is 3.38. The smallest absolute Gasteiger partial charge is 0.195 e. The maximum Gasteiger partial charge on any atom is 0.195 e. The lowest BCUT2D eigenvalue weighted by Gasteiger charge is -2.04. The van der Waals surface area contributed by atoms with Gasteiger partial charge in [0.05, 0.1) is 0 Å². The molecule has 0 aliphatic carbocycles. The Morgan fingerprint density at radius 3 is 3.00 bits per heavy atom. The summed E-state index contributed by atoms with van der Waals surface area (Å²) in [5.41, 5.74) is 7.75. The second-order valence-electron chi connectivity index (χ2n) is 3.50. The number of aromatic amines is 1. The maximum atomic E-state index is 5.62. The van der Waals surface area contributed by atoms with Crippen molar-refractivity contribution >= 4 is 12.2 Å². The third kappa shape index (κ3) is 1.91. The zero-order chi connectivity index (χ0) is 11.5. The highest BCUT2D eigenvalue weighted by Crippen LogP contribution is 2.18. The predicted molar refractivity (Wildman–Crippen MR) is 66.4 cm³/mol. The lowest BCUT2D eigenvalue weighted by Crippen LogP contribution is -2.00. The number of rotatable bonds is 3. The Balaban J connectivity index is 2.53. The monoisotopic (exact) mass is 234 g/mol. The highest BCUT2D eigenvalue weighted by Gasteiger charge is 2.07. The molecule has 0 amide bonds. The molecule has 0 saturated heterocycles. The average Bonchev–Trinajstić information content (AvgIpc) is 2.70. The van der Waals surface area contributed by atoms with E-state index < -0.39 is 0 Å². The van der Waals surface area contributed by atoms with Crippen LogP contribution in [0, 0.1) is 4.77 Å². The largest absolute Gasteiger partial charge is 0.326 e. The Morgan fingerprint density at radius 2 is 2.31 bits per heavy atom.